The van der Waals surface area contributed by atoms with Crippen LogP contribution in [0.5, 0.6) is 0 Å². The fourth-order valence-corrected chi connectivity index (χ4v) is 3.18. The molecule has 0 saturated carbocycles. The van der Waals surface area contributed by atoms with E-state index in [4.69, 9.17) is 0 Å². The van der Waals surface area contributed by atoms with Gasteiger partial charge in [0, 0.05) is 19.5 Å². The summed E-state index contributed by atoms with van der Waals surface area (Å²) in [5, 5.41) is 13.1. The lowest BCUT2D eigenvalue weighted by molar-refractivity contribution is -0.137. The maximum absolute atomic E-state index is 12.4. The molecule has 1 heterocycles. The predicted octanol–water partition coefficient (Wildman–Crippen LogP) is 2.53. The van der Waals surface area contributed by atoms with Crippen LogP contribution in [0.25, 0.3) is 0 Å². The third-order valence-electron chi connectivity index (χ3n) is 4.81. The number of amides is 2. The van der Waals surface area contributed by atoms with Crippen molar-refractivity contribution in [3.8, 4) is 0 Å². The first kappa shape index (κ1) is 19.4. The lowest BCUT2D eigenvalue weighted by Crippen LogP contribution is -2.47. The SMILES string of the molecule is CCC(C(=O)NCC(O)c1ccc(C(C)(C)C)cc1)N1CCCC1=O. The molecule has 2 N–H and O–H groups in total. The standard InChI is InChI=1S/C20H30N2O3/c1-5-16(22-12-6-7-18(22)24)19(25)21-13-17(23)14-8-10-15(11-9-14)20(2,3)4/h8-11,16-17,23H,5-7,12-13H2,1-4H3,(H,21,25). The van der Waals surface area contributed by atoms with Crippen LogP contribution in [0.3, 0.4) is 0 Å². The van der Waals surface area contributed by atoms with Gasteiger partial charge in [-0.05, 0) is 29.4 Å². The van der Waals surface area contributed by atoms with Crippen molar-refractivity contribution in [3.05, 3.63) is 35.4 Å². The lowest BCUT2D eigenvalue weighted by Gasteiger charge is -2.26. The van der Waals surface area contributed by atoms with E-state index in [0.717, 1.165) is 12.0 Å². The molecule has 0 bridgehead atoms. The van der Waals surface area contributed by atoms with Crippen LogP contribution in [-0.4, -0.2) is 41.0 Å². The van der Waals surface area contributed by atoms with E-state index in [9.17, 15) is 14.7 Å². The molecule has 25 heavy (non-hydrogen) atoms. The molecule has 0 aromatic heterocycles. The van der Waals surface area contributed by atoms with Crippen molar-refractivity contribution in [3.63, 3.8) is 0 Å². The van der Waals surface area contributed by atoms with Crippen molar-refractivity contribution in [2.45, 2.75) is 64.5 Å². The van der Waals surface area contributed by atoms with Crippen molar-refractivity contribution in [2.75, 3.05) is 13.1 Å². The van der Waals surface area contributed by atoms with Crippen LogP contribution >= 0.6 is 0 Å². The zero-order valence-electron chi connectivity index (χ0n) is 15.7. The average molecular weight is 346 g/mol. The molecule has 2 amide bonds. The summed E-state index contributed by atoms with van der Waals surface area (Å²) in [7, 11) is 0. The molecular weight excluding hydrogens is 316 g/mol. The quantitative estimate of drug-likeness (QED) is 0.832. The Hall–Kier alpha value is -1.88. The van der Waals surface area contributed by atoms with Crippen molar-refractivity contribution in [1.29, 1.82) is 0 Å². The molecule has 1 aliphatic rings. The third kappa shape index (κ3) is 4.82. The van der Waals surface area contributed by atoms with Gasteiger partial charge < -0.3 is 15.3 Å². The van der Waals surface area contributed by atoms with Gasteiger partial charge in [0.15, 0.2) is 0 Å². The van der Waals surface area contributed by atoms with Gasteiger partial charge in [0.1, 0.15) is 6.04 Å². The van der Waals surface area contributed by atoms with E-state index in [1.165, 1.54) is 5.56 Å². The van der Waals surface area contributed by atoms with Crippen LogP contribution in [0.1, 0.15) is 64.2 Å². The molecule has 138 valence electrons. The molecule has 0 spiro atoms. The largest absolute Gasteiger partial charge is 0.387 e. The minimum atomic E-state index is -0.759. The Kier molecular flexibility index (Phi) is 6.22. The highest BCUT2D eigenvalue weighted by Crippen LogP contribution is 2.24. The Morgan fingerprint density at radius 1 is 1.28 bits per heavy atom. The first-order chi connectivity index (χ1) is 11.7. The number of carbonyl (C=O) groups is 2. The van der Waals surface area contributed by atoms with Gasteiger partial charge in [0.2, 0.25) is 11.8 Å². The molecule has 1 aromatic carbocycles. The second-order valence-electron chi connectivity index (χ2n) is 7.75. The number of hydrogen-bond acceptors (Lipinski definition) is 3. The Bertz CT molecular complexity index is 604. The van der Waals surface area contributed by atoms with E-state index in [2.05, 4.69) is 26.1 Å². The molecule has 1 saturated heterocycles. The van der Waals surface area contributed by atoms with Gasteiger partial charge in [-0.1, -0.05) is 52.0 Å². The van der Waals surface area contributed by atoms with Gasteiger partial charge >= 0.3 is 0 Å². The number of nitrogens with zero attached hydrogens (tertiary/aromatic N) is 1. The first-order valence-corrected chi connectivity index (χ1v) is 9.09. The maximum Gasteiger partial charge on any atom is 0.242 e. The highest BCUT2D eigenvalue weighted by atomic mass is 16.3. The molecule has 2 rings (SSSR count). The van der Waals surface area contributed by atoms with Crippen LogP contribution in [0, 0.1) is 0 Å². The van der Waals surface area contributed by atoms with Gasteiger partial charge in [-0.15, -0.1) is 0 Å². The van der Waals surface area contributed by atoms with Gasteiger partial charge in [0.05, 0.1) is 6.10 Å². The average Bonchev–Trinajstić information content (AvgIpc) is 2.98. The first-order valence-electron chi connectivity index (χ1n) is 9.09. The third-order valence-corrected chi connectivity index (χ3v) is 4.81. The molecule has 0 radical (unpaired) electrons. The zero-order valence-corrected chi connectivity index (χ0v) is 15.7. The van der Waals surface area contributed by atoms with Crippen molar-refractivity contribution in [1.82, 2.24) is 10.2 Å². The van der Waals surface area contributed by atoms with E-state index >= 15 is 0 Å². The van der Waals surface area contributed by atoms with Crippen molar-refractivity contribution >= 4 is 11.8 Å². The van der Waals surface area contributed by atoms with E-state index in [1.54, 1.807) is 4.90 Å². The van der Waals surface area contributed by atoms with E-state index in [0.29, 0.717) is 19.4 Å². The minimum Gasteiger partial charge on any atom is -0.387 e. The maximum atomic E-state index is 12.4. The minimum absolute atomic E-state index is 0.0420. The summed E-state index contributed by atoms with van der Waals surface area (Å²) in [4.78, 5) is 25.9. The number of likely N-dealkylation sites (tertiary alicyclic amines) is 1. The van der Waals surface area contributed by atoms with E-state index in [-0.39, 0.29) is 23.8 Å². The second kappa shape index (κ2) is 8.00. The molecular formula is C20H30N2O3. The molecule has 5 nitrogen and oxygen atoms in total. The molecule has 1 fully saturated rings. The normalized spacial score (nSPS) is 17.5. The molecule has 1 aromatic rings. The highest BCUT2D eigenvalue weighted by Gasteiger charge is 2.31. The summed E-state index contributed by atoms with van der Waals surface area (Å²) in [6, 6.07) is 7.39. The van der Waals surface area contributed by atoms with Gasteiger partial charge in [0.25, 0.3) is 0 Å². The predicted molar refractivity (Wildman–Crippen MR) is 98.1 cm³/mol. The summed E-state index contributed by atoms with van der Waals surface area (Å²) in [6.07, 6.45) is 1.15. The number of benzene rings is 1. The Morgan fingerprint density at radius 2 is 1.92 bits per heavy atom. The van der Waals surface area contributed by atoms with Crippen LogP contribution in [0.15, 0.2) is 24.3 Å². The number of hydrogen-bond donors (Lipinski definition) is 2. The molecule has 2 atom stereocenters. The van der Waals surface area contributed by atoms with E-state index in [1.807, 2.05) is 31.2 Å². The summed E-state index contributed by atoms with van der Waals surface area (Å²) in [5.41, 5.74) is 2.04. The summed E-state index contributed by atoms with van der Waals surface area (Å²) in [6.45, 7) is 9.11. The van der Waals surface area contributed by atoms with Gasteiger partial charge in [-0.3, -0.25) is 9.59 Å². The number of aliphatic hydroxyl groups is 1. The van der Waals surface area contributed by atoms with Crippen LogP contribution < -0.4 is 5.32 Å². The molecule has 5 heteroatoms. The number of nitrogens with one attached hydrogen (secondary N) is 1. The molecule has 2 unspecified atom stereocenters. The number of rotatable bonds is 6. The van der Waals surface area contributed by atoms with Crippen LogP contribution in [0.4, 0.5) is 0 Å². The van der Waals surface area contributed by atoms with Gasteiger partial charge in [-0.2, -0.15) is 0 Å². The zero-order chi connectivity index (χ0) is 18.6. The Morgan fingerprint density at radius 3 is 2.40 bits per heavy atom. The van der Waals surface area contributed by atoms with Crippen molar-refractivity contribution in [2.24, 2.45) is 0 Å². The lowest BCUT2D eigenvalue weighted by atomic mass is 9.86. The smallest absolute Gasteiger partial charge is 0.242 e. The van der Waals surface area contributed by atoms with Crippen LogP contribution in [-0.2, 0) is 15.0 Å². The number of aliphatic hydroxyl groups excluding tert-OH is 1. The monoisotopic (exact) mass is 346 g/mol. The van der Waals surface area contributed by atoms with E-state index < -0.39 is 12.1 Å². The second-order valence-corrected chi connectivity index (χ2v) is 7.75. The molecule has 0 aliphatic carbocycles. The Labute approximate surface area is 150 Å². The summed E-state index contributed by atoms with van der Waals surface area (Å²) < 4.78 is 0. The van der Waals surface area contributed by atoms with Crippen LogP contribution in [0.2, 0.25) is 0 Å². The van der Waals surface area contributed by atoms with Crippen molar-refractivity contribution < 1.29 is 14.7 Å². The highest BCUT2D eigenvalue weighted by molar-refractivity contribution is 5.88. The fourth-order valence-electron chi connectivity index (χ4n) is 3.18. The number of carbonyl (C=O) groups excluding carboxylic acids is 2. The fraction of sp³-hybridized carbons (Fsp3) is 0.600. The summed E-state index contributed by atoms with van der Waals surface area (Å²) >= 11 is 0. The summed E-state index contributed by atoms with van der Waals surface area (Å²) in [5.74, 6) is -0.150. The Balaban J connectivity index is 1.93. The topological polar surface area (TPSA) is 69.6 Å². The molecule has 1 aliphatic heterocycles. The van der Waals surface area contributed by atoms with Gasteiger partial charge in [-0.25, -0.2) is 0 Å².